The van der Waals surface area contributed by atoms with Gasteiger partial charge in [-0.2, -0.15) is 5.10 Å². The van der Waals surface area contributed by atoms with Crippen molar-refractivity contribution in [2.45, 2.75) is 71.1 Å². The van der Waals surface area contributed by atoms with Crippen LogP contribution < -0.4 is 14.9 Å². The van der Waals surface area contributed by atoms with E-state index in [2.05, 4.69) is 30.1 Å². The second-order valence-electron chi connectivity index (χ2n) is 12.5. The zero-order chi connectivity index (χ0) is 31.2. The van der Waals surface area contributed by atoms with Crippen LogP contribution in [0.4, 0.5) is 21.9 Å². The molecule has 12 nitrogen and oxygen atoms in total. The Kier molecular flexibility index (Phi) is 7.91. The number of carbonyl (C=O) groups is 2. The smallest absolute Gasteiger partial charge is 0.410 e. The van der Waals surface area contributed by atoms with E-state index < -0.39 is 16.6 Å². The third kappa shape index (κ3) is 6.33. The molecule has 44 heavy (non-hydrogen) atoms. The molecule has 2 N–H and O–H groups in total. The van der Waals surface area contributed by atoms with Crippen LogP contribution in [0, 0.1) is 6.92 Å². The van der Waals surface area contributed by atoms with E-state index in [9.17, 15) is 13.8 Å². The van der Waals surface area contributed by atoms with Crippen LogP contribution in [-0.2, 0) is 15.7 Å². The van der Waals surface area contributed by atoms with Crippen molar-refractivity contribution in [2.75, 3.05) is 34.3 Å². The van der Waals surface area contributed by atoms with Crippen molar-refractivity contribution < 1.29 is 18.5 Å². The van der Waals surface area contributed by atoms with Crippen LogP contribution in [-0.4, -0.2) is 77.7 Å². The van der Waals surface area contributed by atoms with Gasteiger partial charge in [0.25, 0.3) is 5.91 Å². The Labute approximate surface area is 258 Å². The number of nitrogens with one attached hydrogen (secondary N) is 2. The van der Waals surface area contributed by atoms with Crippen molar-refractivity contribution in [3.63, 3.8) is 0 Å². The first-order valence-corrected chi connectivity index (χ1v) is 16.4. The van der Waals surface area contributed by atoms with E-state index in [1.54, 1.807) is 28.9 Å². The quantitative estimate of drug-likeness (QED) is 0.298. The van der Waals surface area contributed by atoms with Gasteiger partial charge in [-0.05, 0) is 77.6 Å². The number of aryl methyl sites for hydroxylation is 1. The summed E-state index contributed by atoms with van der Waals surface area (Å²) in [5.41, 5.74) is 3.83. The van der Waals surface area contributed by atoms with E-state index in [1.807, 2.05) is 50.9 Å². The molecule has 0 spiro atoms. The molecule has 1 saturated heterocycles. The number of piperidine rings is 1. The number of hydrogen-bond donors (Lipinski definition) is 2. The largest absolute Gasteiger partial charge is 0.444 e. The highest BCUT2D eigenvalue weighted by Crippen LogP contribution is 2.36. The zero-order valence-corrected chi connectivity index (χ0v) is 26.5. The Morgan fingerprint density at radius 2 is 1.80 bits per heavy atom. The summed E-state index contributed by atoms with van der Waals surface area (Å²) in [4.78, 5) is 35.4. The molecule has 2 amide bonds. The minimum atomic E-state index is -1.32. The maximum Gasteiger partial charge on any atom is 0.410 e. The minimum Gasteiger partial charge on any atom is -0.444 e. The molecule has 2 fully saturated rings. The Morgan fingerprint density at radius 1 is 1.07 bits per heavy atom. The van der Waals surface area contributed by atoms with Gasteiger partial charge in [-0.25, -0.2) is 14.0 Å². The lowest BCUT2D eigenvalue weighted by Gasteiger charge is -2.40. The predicted molar refractivity (Wildman–Crippen MR) is 171 cm³/mol. The number of hydrogen-bond acceptors (Lipinski definition) is 8. The van der Waals surface area contributed by atoms with Crippen LogP contribution in [0.3, 0.4) is 0 Å². The number of amides is 2. The maximum atomic E-state index is 13.6. The molecule has 6 rings (SSSR count). The normalized spacial score (nSPS) is 16.6. The van der Waals surface area contributed by atoms with E-state index in [-0.39, 0.29) is 24.1 Å². The van der Waals surface area contributed by atoms with Gasteiger partial charge >= 0.3 is 6.09 Å². The molecule has 1 aromatic carbocycles. The lowest BCUT2D eigenvalue weighted by atomic mass is 10.0. The number of ether oxygens (including phenoxy) is 1. The number of nitrogens with zero attached hydrogens (tertiary/aromatic N) is 6. The highest BCUT2D eigenvalue weighted by atomic mass is 32.2. The van der Waals surface area contributed by atoms with Crippen molar-refractivity contribution in [1.29, 1.82) is 0 Å². The lowest BCUT2D eigenvalue weighted by molar-refractivity contribution is 0.0114. The van der Waals surface area contributed by atoms with Crippen LogP contribution >= 0.6 is 0 Å². The summed E-state index contributed by atoms with van der Waals surface area (Å²) in [6.45, 7) is 9.10. The highest BCUT2D eigenvalue weighted by molar-refractivity contribution is 7.85. The van der Waals surface area contributed by atoms with Gasteiger partial charge in [-0.1, -0.05) is 0 Å². The Balaban J connectivity index is 1.22. The second-order valence-corrected chi connectivity index (χ2v) is 13.6. The number of aromatic nitrogens is 4. The summed E-state index contributed by atoms with van der Waals surface area (Å²) in [6.07, 6.45) is 10.3. The van der Waals surface area contributed by atoms with Gasteiger partial charge in [0, 0.05) is 54.9 Å². The molecular formula is C31H38N8O4S. The summed E-state index contributed by atoms with van der Waals surface area (Å²) in [5, 5.41) is 12.3. The van der Waals surface area contributed by atoms with Gasteiger partial charge in [0.15, 0.2) is 5.65 Å². The molecule has 1 saturated carbocycles. The Morgan fingerprint density at radius 3 is 2.48 bits per heavy atom. The molecule has 0 bridgehead atoms. The first-order valence-electron chi connectivity index (χ1n) is 14.9. The van der Waals surface area contributed by atoms with E-state index in [1.165, 1.54) is 6.26 Å². The number of pyridine rings is 1. The Hall–Kier alpha value is -4.26. The molecule has 2 aliphatic rings. The fourth-order valence-electron chi connectivity index (χ4n) is 5.89. The molecular weight excluding hydrogens is 580 g/mol. The molecule has 4 aromatic rings. The molecule has 1 aliphatic heterocycles. The molecule has 1 unspecified atom stereocenters. The molecule has 1 atom stereocenters. The van der Waals surface area contributed by atoms with Crippen molar-refractivity contribution in [3.05, 3.63) is 54.1 Å². The first-order chi connectivity index (χ1) is 21.0. The highest BCUT2D eigenvalue weighted by Gasteiger charge is 2.41. The van der Waals surface area contributed by atoms with Crippen LogP contribution in [0.15, 0.2) is 42.9 Å². The monoisotopic (exact) mass is 618 g/mol. The van der Waals surface area contributed by atoms with Gasteiger partial charge in [-0.15, -0.1) is 5.10 Å². The third-order valence-corrected chi connectivity index (χ3v) is 8.34. The van der Waals surface area contributed by atoms with E-state index >= 15 is 0 Å². The molecule has 4 heterocycles. The van der Waals surface area contributed by atoms with Crippen LogP contribution in [0.1, 0.15) is 62.5 Å². The topological polar surface area (TPSA) is 134 Å². The standard InChI is InChI=1S/C31H38N8O4S/c1-19-17-38-18-20(16-25(28(38)33-19)36-44(5)42)34-29(40)24-8-9-26(23-10-13-32-35-27(23)24)37-14-11-22(12-15-37)39(21-6-7-21)30(41)43-31(2,3)4/h8-10,13,16-18,21-22,36H,6-7,11-12,14-15H2,1-5H3,(H,34,40). The number of rotatable bonds is 7. The number of imidazole rings is 1. The molecule has 13 heteroatoms. The van der Waals surface area contributed by atoms with Gasteiger partial charge in [0.2, 0.25) is 0 Å². The predicted octanol–water partition coefficient (Wildman–Crippen LogP) is 4.91. The fraction of sp³-hybridized carbons (Fsp3) is 0.452. The summed E-state index contributed by atoms with van der Waals surface area (Å²) < 4.78 is 22.4. The van der Waals surface area contributed by atoms with E-state index in [4.69, 9.17) is 4.74 Å². The minimum absolute atomic E-state index is 0.130. The van der Waals surface area contributed by atoms with Crippen molar-refractivity contribution >= 4 is 56.6 Å². The van der Waals surface area contributed by atoms with Gasteiger partial charge < -0.3 is 29.0 Å². The second kappa shape index (κ2) is 11.7. The Bertz CT molecular complexity index is 1750. The number of anilines is 3. The van der Waals surface area contributed by atoms with Gasteiger partial charge in [0.05, 0.1) is 28.8 Å². The summed E-state index contributed by atoms with van der Waals surface area (Å²) in [6, 6.07) is 7.74. The van der Waals surface area contributed by atoms with Crippen LogP contribution in [0.2, 0.25) is 0 Å². The summed E-state index contributed by atoms with van der Waals surface area (Å²) in [5.74, 6) is -0.335. The molecule has 1 aliphatic carbocycles. The number of benzene rings is 1. The van der Waals surface area contributed by atoms with Gasteiger partial charge in [0.1, 0.15) is 22.1 Å². The number of fused-ring (bicyclic) bond motifs is 2. The summed E-state index contributed by atoms with van der Waals surface area (Å²) >= 11 is 0. The maximum absolute atomic E-state index is 13.6. The van der Waals surface area contributed by atoms with Crippen LogP contribution in [0.5, 0.6) is 0 Å². The van der Waals surface area contributed by atoms with Crippen molar-refractivity contribution in [2.24, 2.45) is 0 Å². The van der Waals surface area contributed by atoms with Gasteiger partial charge in [-0.3, -0.25) is 4.79 Å². The van der Waals surface area contributed by atoms with Crippen molar-refractivity contribution in [3.8, 4) is 0 Å². The molecule has 232 valence electrons. The van der Waals surface area contributed by atoms with E-state index in [0.717, 1.165) is 55.5 Å². The van der Waals surface area contributed by atoms with Crippen molar-refractivity contribution in [1.82, 2.24) is 24.5 Å². The van der Waals surface area contributed by atoms with E-state index in [0.29, 0.717) is 28.1 Å². The first kappa shape index (κ1) is 29.8. The third-order valence-electron chi connectivity index (χ3n) is 7.83. The average Bonchev–Trinajstić information content (AvgIpc) is 3.71. The lowest BCUT2D eigenvalue weighted by Crippen LogP contribution is -2.50. The summed E-state index contributed by atoms with van der Waals surface area (Å²) in [7, 11) is -1.32. The van der Waals surface area contributed by atoms with Crippen LogP contribution in [0.25, 0.3) is 16.6 Å². The molecule has 3 aromatic heterocycles. The fourth-order valence-corrected chi connectivity index (χ4v) is 6.35. The zero-order valence-electron chi connectivity index (χ0n) is 25.7. The molecule has 0 radical (unpaired) electrons. The number of carbonyl (C=O) groups excluding carboxylic acids is 2. The SMILES string of the molecule is Cc1cn2cc(NC(=O)c3ccc(N4CCC(N(C(=O)OC(C)(C)C)C5CC5)CC4)c4ccnnc34)cc(NS(C)=O)c2n1. The average molecular weight is 619 g/mol.